The van der Waals surface area contributed by atoms with Crippen molar-refractivity contribution in [2.24, 2.45) is 10.9 Å². The van der Waals surface area contributed by atoms with Crippen LogP contribution in [-0.4, -0.2) is 38.0 Å². The van der Waals surface area contributed by atoms with Gasteiger partial charge in [-0.2, -0.15) is 0 Å². The van der Waals surface area contributed by atoms with E-state index in [1.165, 1.54) is 18.4 Å². The number of amides is 1. The third-order valence-corrected chi connectivity index (χ3v) is 4.36. The predicted octanol–water partition coefficient (Wildman–Crippen LogP) is 2.66. The SMILES string of the molecule is CCNC(=NCC1(c2ccccc2)CC1)NCCNC(=O)C(C)C.I. The van der Waals surface area contributed by atoms with Crippen molar-refractivity contribution in [3.05, 3.63) is 35.9 Å². The van der Waals surface area contributed by atoms with Gasteiger partial charge in [-0.25, -0.2) is 0 Å². The Kier molecular flexibility index (Phi) is 9.24. The molecule has 0 heterocycles. The molecule has 5 nitrogen and oxygen atoms in total. The number of benzene rings is 1. The molecule has 2 rings (SSSR count). The lowest BCUT2D eigenvalue weighted by Crippen LogP contribution is -2.42. The fraction of sp³-hybridized carbons (Fsp3) is 0.579. The summed E-state index contributed by atoms with van der Waals surface area (Å²) in [7, 11) is 0. The van der Waals surface area contributed by atoms with Crippen LogP contribution < -0.4 is 16.0 Å². The van der Waals surface area contributed by atoms with Gasteiger partial charge >= 0.3 is 0 Å². The summed E-state index contributed by atoms with van der Waals surface area (Å²) in [5, 5.41) is 9.47. The Morgan fingerprint density at radius 2 is 1.76 bits per heavy atom. The molecule has 140 valence electrons. The van der Waals surface area contributed by atoms with Gasteiger partial charge in [-0.15, -0.1) is 24.0 Å². The molecule has 1 aliphatic rings. The van der Waals surface area contributed by atoms with E-state index < -0.39 is 0 Å². The predicted molar refractivity (Wildman–Crippen MR) is 115 cm³/mol. The van der Waals surface area contributed by atoms with Crippen LogP contribution in [0.15, 0.2) is 35.3 Å². The van der Waals surface area contributed by atoms with Gasteiger partial charge in [0.2, 0.25) is 5.91 Å². The molecule has 0 unspecified atom stereocenters. The number of aliphatic imine (C=N–C) groups is 1. The van der Waals surface area contributed by atoms with Gasteiger partial charge < -0.3 is 16.0 Å². The highest BCUT2D eigenvalue weighted by Gasteiger charge is 2.43. The summed E-state index contributed by atoms with van der Waals surface area (Å²) in [6.07, 6.45) is 2.40. The van der Waals surface area contributed by atoms with Gasteiger partial charge in [0.05, 0.1) is 6.54 Å². The standard InChI is InChI=1S/C19H30N4O.HI/c1-4-20-18(22-13-12-21-17(24)15(2)3)23-14-19(10-11-19)16-8-6-5-7-9-16;/h5-9,15H,4,10-14H2,1-3H3,(H,21,24)(H2,20,22,23);1H. The molecule has 0 aliphatic heterocycles. The van der Waals surface area contributed by atoms with Crippen LogP contribution >= 0.6 is 24.0 Å². The summed E-state index contributed by atoms with van der Waals surface area (Å²) in [6, 6.07) is 10.6. The molecular weight excluding hydrogens is 427 g/mol. The third kappa shape index (κ3) is 6.84. The fourth-order valence-electron chi connectivity index (χ4n) is 2.62. The van der Waals surface area contributed by atoms with E-state index >= 15 is 0 Å². The van der Waals surface area contributed by atoms with Crippen molar-refractivity contribution in [3.8, 4) is 0 Å². The van der Waals surface area contributed by atoms with Crippen LogP contribution in [0.3, 0.4) is 0 Å². The van der Waals surface area contributed by atoms with Crippen molar-refractivity contribution in [3.63, 3.8) is 0 Å². The van der Waals surface area contributed by atoms with Crippen LogP contribution in [0, 0.1) is 5.92 Å². The van der Waals surface area contributed by atoms with Gasteiger partial charge in [0, 0.05) is 31.0 Å². The van der Waals surface area contributed by atoms with E-state index in [0.29, 0.717) is 13.1 Å². The van der Waals surface area contributed by atoms with E-state index in [9.17, 15) is 4.79 Å². The lowest BCUT2D eigenvalue weighted by molar-refractivity contribution is -0.123. The number of rotatable bonds is 8. The first-order valence-electron chi connectivity index (χ1n) is 8.93. The Labute approximate surface area is 168 Å². The fourth-order valence-corrected chi connectivity index (χ4v) is 2.62. The number of hydrogen-bond acceptors (Lipinski definition) is 2. The molecule has 0 atom stereocenters. The summed E-state index contributed by atoms with van der Waals surface area (Å²) in [5.41, 5.74) is 1.60. The topological polar surface area (TPSA) is 65.5 Å². The van der Waals surface area contributed by atoms with Crippen molar-refractivity contribution >= 4 is 35.8 Å². The summed E-state index contributed by atoms with van der Waals surface area (Å²) in [6.45, 7) is 8.74. The molecule has 0 bridgehead atoms. The van der Waals surface area contributed by atoms with Gasteiger partial charge in [0.25, 0.3) is 0 Å². The van der Waals surface area contributed by atoms with E-state index in [4.69, 9.17) is 4.99 Å². The molecule has 3 N–H and O–H groups in total. The molecule has 6 heteroatoms. The molecule has 0 aromatic heterocycles. The van der Waals surface area contributed by atoms with Gasteiger partial charge in [0.15, 0.2) is 5.96 Å². The monoisotopic (exact) mass is 458 g/mol. The molecule has 1 saturated carbocycles. The molecule has 1 fully saturated rings. The first-order chi connectivity index (χ1) is 11.6. The molecule has 25 heavy (non-hydrogen) atoms. The highest BCUT2D eigenvalue weighted by molar-refractivity contribution is 14.0. The van der Waals surface area contributed by atoms with Crippen LogP contribution in [-0.2, 0) is 10.2 Å². The zero-order chi connectivity index (χ0) is 17.4. The van der Waals surface area contributed by atoms with E-state index in [1.807, 2.05) is 13.8 Å². The van der Waals surface area contributed by atoms with Crippen LogP contribution in [0.1, 0.15) is 39.2 Å². The highest BCUT2D eigenvalue weighted by atomic mass is 127. The molecular formula is C19H31IN4O. The number of nitrogens with zero attached hydrogens (tertiary/aromatic N) is 1. The van der Waals surface area contributed by atoms with Crippen molar-refractivity contribution in [1.82, 2.24) is 16.0 Å². The van der Waals surface area contributed by atoms with Crippen LogP contribution in [0.2, 0.25) is 0 Å². The number of halogens is 1. The minimum Gasteiger partial charge on any atom is -0.357 e. The molecule has 0 spiro atoms. The zero-order valence-electron chi connectivity index (χ0n) is 15.5. The van der Waals surface area contributed by atoms with Crippen molar-refractivity contribution < 1.29 is 4.79 Å². The van der Waals surface area contributed by atoms with Crippen molar-refractivity contribution in [2.75, 3.05) is 26.2 Å². The first kappa shape index (κ1) is 21.7. The van der Waals surface area contributed by atoms with Crippen molar-refractivity contribution in [2.45, 2.75) is 39.0 Å². The number of carbonyl (C=O) groups is 1. The lowest BCUT2D eigenvalue weighted by atomic mass is 9.96. The molecule has 0 radical (unpaired) electrons. The number of carbonyl (C=O) groups excluding carboxylic acids is 1. The van der Waals surface area contributed by atoms with E-state index in [1.54, 1.807) is 0 Å². The maximum Gasteiger partial charge on any atom is 0.222 e. The highest BCUT2D eigenvalue weighted by Crippen LogP contribution is 2.48. The second-order valence-corrected chi connectivity index (χ2v) is 6.71. The van der Waals surface area contributed by atoms with E-state index in [2.05, 4.69) is 53.2 Å². The van der Waals surface area contributed by atoms with Gasteiger partial charge in [-0.05, 0) is 25.3 Å². The van der Waals surface area contributed by atoms with Crippen LogP contribution in [0.4, 0.5) is 0 Å². The smallest absolute Gasteiger partial charge is 0.222 e. The number of nitrogens with one attached hydrogen (secondary N) is 3. The van der Waals surface area contributed by atoms with Crippen LogP contribution in [0.5, 0.6) is 0 Å². The average Bonchev–Trinajstić information content (AvgIpc) is 3.38. The molecule has 1 aromatic rings. The average molecular weight is 458 g/mol. The Hall–Kier alpha value is -1.31. The Bertz CT molecular complexity index is 556. The van der Waals surface area contributed by atoms with Gasteiger partial charge in [-0.3, -0.25) is 9.79 Å². The quantitative estimate of drug-likeness (QED) is 0.243. The Morgan fingerprint density at radius 3 is 2.32 bits per heavy atom. The molecule has 0 saturated heterocycles. The molecule has 1 aromatic carbocycles. The molecule has 1 amide bonds. The van der Waals surface area contributed by atoms with Gasteiger partial charge in [0.1, 0.15) is 0 Å². The summed E-state index contributed by atoms with van der Waals surface area (Å²) in [4.78, 5) is 16.3. The number of guanidine groups is 1. The van der Waals surface area contributed by atoms with E-state index in [0.717, 1.165) is 19.0 Å². The first-order valence-corrected chi connectivity index (χ1v) is 8.93. The maximum absolute atomic E-state index is 11.6. The number of hydrogen-bond donors (Lipinski definition) is 3. The Morgan fingerprint density at radius 1 is 1.12 bits per heavy atom. The normalized spacial score (nSPS) is 15.3. The minimum atomic E-state index is 0. The zero-order valence-corrected chi connectivity index (χ0v) is 17.8. The van der Waals surface area contributed by atoms with Crippen molar-refractivity contribution in [1.29, 1.82) is 0 Å². The lowest BCUT2D eigenvalue weighted by Gasteiger charge is -2.16. The largest absolute Gasteiger partial charge is 0.357 e. The molecule has 1 aliphatic carbocycles. The second kappa shape index (κ2) is 10.6. The summed E-state index contributed by atoms with van der Waals surface area (Å²) >= 11 is 0. The Balaban J connectivity index is 0.00000312. The maximum atomic E-state index is 11.6. The second-order valence-electron chi connectivity index (χ2n) is 6.71. The van der Waals surface area contributed by atoms with Gasteiger partial charge in [-0.1, -0.05) is 44.2 Å². The summed E-state index contributed by atoms with van der Waals surface area (Å²) in [5.74, 6) is 0.922. The van der Waals surface area contributed by atoms with Crippen LogP contribution in [0.25, 0.3) is 0 Å². The summed E-state index contributed by atoms with van der Waals surface area (Å²) < 4.78 is 0. The third-order valence-electron chi connectivity index (χ3n) is 4.36. The minimum absolute atomic E-state index is 0. The van der Waals surface area contributed by atoms with E-state index in [-0.39, 0.29) is 41.2 Å².